The highest BCUT2D eigenvalue weighted by Gasteiger charge is 2.34. The van der Waals surface area contributed by atoms with E-state index >= 15 is 0 Å². The molecular formula is C41H60N4O13P-. The highest BCUT2D eigenvalue weighted by atomic mass is 31.2. The van der Waals surface area contributed by atoms with Crippen LogP contribution in [0.15, 0.2) is 24.3 Å². The number of benzene rings is 1. The largest absolute Gasteiger partial charge is 0.769 e. The molecule has 4 amide bonds. The molecule has 0 radical (unpaired) electrons. The zero-order valence-electron chi connectivity index (χ0n) is 34.2. The lowest BCUT2D eigenvalue weighted by atomic mass is 9.82. The number of carbonyl (C=O) groups excluding carboxylic acids is 4. The Balaban J connectivity index is 3.14. The fraction of sp³-hybridized carbons (Fsp3) is 0.610. The number of ether oxygens (including phenoxy) is 6. The summed E-state index contributed by atoms with van der Waals surface area (Å²) in [7, 11) is -4.19. The van der Waals surface area contributed by atoms with E-state index in [1.807, 2.05) is 0 Å². The number of rotatable bonds is 35. The summed E-state index contributed by atoms with van der Waals surface area (Å²) in [6.07, 6.45) is 15.4. The number of carbonyl (C=O) groups is 4. The van der Waals surface area contributed by atoms with E-state index < -0.39 is 24.7 Å². The minimum atomic E-state index is -4.19. The van der Waals surface area contributed by atoms with Gasteiger partial charge in [-0.3, -0.25) is 23.7 Å². The second-order valence-corrected chi connectivity index (χ2v) is 15.4. The third kappa shape index (κ3) is 26.3. The van der Waals surface area contributed by atoms with E-state index in [1.54, 1.807) is 0 Å². The van der Waals surface area contributed by atoms with E-state index in [9.17, 15) is 28.6 Å². The molecular weight excluding hydrogens is 787 g/mol. The van der Waals surface area contributed by atoms with Gasteiger partial charge < -0.3 is 59.1 Å². The van der Waals surface area contributed by atoms with Crippen molar-refractivity contribution >= 4 is 31.2 Å². The Kier molecular flexibility index (Phi) is 28.8. The minimum absolute atomic E-state index is 0.0297. The van der Waals surface area contributed by atoms with Gasteiger partial charge in [-0.05, 0) is 43.5 Å². The van der Waals surface area contributed by atoms with E-state index in [0.29, 0.717) is 19.8 Å². The van der Waals surface area contributed by atoms with Crippen LogP contribution in [0.5, 0.6) is 5.75 Å². The molecule has 4 N–H and O–H groups in total. The first-order valence-corrected chi connectivity index (χ1v) is 21.0. The van der Waals surface area contributed by atoms with Gasteiger partial charge in [0.05, 0.1) is 59.5 Å². The second-order valence-electron chi connectivity index (χ2n) is 13.1. The molecule has 0 spiro atoms. The van der Waals surface area contributed by atoms with Gasteiger partial charge >= 0.3 is 0 Å². The summed E-state index contributed by atoms with van der Waals surface area (Å²) in [5.74, 6) is 5.50. The maximum atomic E-state index is 13.8. The van der Waals surface area contributed by atoms with E-state index in [-0.39, 0.29) is 147 Å². The maximum Gasteiger partial charge on any atom is 0.251 e. The third-order valence-corrected chi connectivity index (χ3v) is 9.96. The van der Waals surface area contributed by atoms with Gasteiger partial charge in [-0.1, -0.05) is 31.6 Å². The molecule has 328 valence electrons. The van der Waals surface area contributed by atoms with Crippen molar-refractivity contribution in [3.63, 3.8) is 0 Å². The van der Waals surface area contributed by atoms with Crippen LogP contribution in [0.3, 0.4) is 0 Å². The van der Waals surface area contributed by atoms with Crippen LogP contribution in [0.1, 0.15) is 62.7 Å². The lowest BCUT2D eigenvalue weighted by Crippen LogP contribution is -2.50. The third-order valence-electron chi connectivity index (χ3n) is 8.23. The Hall–Kier alpha value is -4.47. The molecule has 0 heterocycles. The van der Waals surface area contributed by atoms with Crippen LogP contribution in [0, 0.1) is 37.0 Å². The quantitative estimate of drug-likeness (QED) is 0.0429. The van der Waals surface area contributed by atoms with Crippen molar-refractivity contribution in [1.29, 1.82) is 0 Å². The van der Waals surface area contributed by atoms with Gasteiger partial charge in [0.2, 0.25) is 17.7 Å². The Labute approximate surface area is 348 Å². The van der Waals surface area contributed by atoms with Crippen molar-refractivity contribution < 1.29 is 61.6 Å². The lowest BCUT2D eigenvalue weighted by Gasteiger charge is -2.35. The van der Waals surface area contributed by atoms with Gasteiger partial charge in [0.15, 0.2) is 7.60 Å². The molecule has 0 aliphatic heterocycles. The number of terminal acetylenes is 3. The summed E-state index contributed by atoms with van der Waals surface area (Å²) in [5.41, 5.74) is -1.84. The van der Waals surface area contributed by atoms with Crippen molar-refractivity contribution in [2.24, 2.45) is 0 Å². The zero-order chi connectivity index (χ0) is 43.6. The minimum Gasteiger partial charge on any atom is -0.769 e. The molecule has 0 saturated carbocycles. The molecule has 17 nitrogen and oxygen atoms in total. The molecule has 0 aliphatic rings. The van der Waals surface area contributed by atoms with Gasteiger partial charge in [0, 0.05) is 55.7 Å². The molecule has 18 heteroatoms. The van der Waals surface area contributed by atoms with E-state index in [4.69, 9.17) is 52.2 Å². The van der Waals surface area contributed by atoms with Crippen LogP contribution in [-0.2, 0) is 47.4 Å². The van der Waals surface area contributed by atoms with E-state index in [0.717, 1.165) is 0 Å². The van der Waals surface area contributed by atoms with Gasteiger partial charge in [-0.15, -0.1) is 19.3 Å². The highest BCUT2D eigenvalue weighted by Crippen LogP contribution is 2.43. The predicted octanol–water partition coefficient (Wildman–Crippen LogP) is 1.18. The standard InChI is InChI=1S/C41H61N4O13P/c1-6-22-52-28-31-55-25-19-42-37(46)13-16-41(17-14-38(47)43-20-26-56-32-29-53-23-7-2,18-15-39(48)44-21-27-57-33-30-54-24-8-3)45-40(49)35-9-11-36(12-10-35)58-59(50,51)34(4)5/h1-3,9-12,34H,13-33H2,4-5H3,(H,42,46)(H,43,47)(H,44,48)(H,45,49)(H,50,51)/p-1. The van der Waals surface area contributed by atoms with E-state index in [2.05, 4.69) is 39.0 Å². The van der Waals surface area contributed by atoms with Crippen molar-refractivity contribution in [3.8, 4) is 42.8 Å². The fourth-order valence-electron chi connectivity index (χ4n) is 4.96. The number of hydrogen-bond donors (Lipinski definition) is 4. The molecule has 0 saturated heterocycles. The van der Waals surface area contributed by atoms with Gasteiger partial charge in [0.1, 0.15) is 25.6 Å². The topological polar surface area (TPSA) is 221 Å². The fourth-order valence-corrected chi connectivity index (χ4v) is 5.59. The van der Waals surface area contributed by atoms with Crippen LogP contribution < -0.4 is 30.7 Å². The number of hydrogen-bond acceptors (Lipinski definition) is 13. The Morgan fingerprint density at radius 2 is 0.983 bits per heavy atom. The highest BCUT2D eigenvalue weighted by molar-refractivity contribution is 7.52. The average molecular weight is 848 g/mol. The Morgan fingerprint density at radius 3 is 1.32 bits per heavy atom. The molecule has 0 fully saturated rings. The Morgan fingerprint density at radius 1 is 0.627 bits per heavy atom. The number of amides is 4. The van der Waals surface area contributed by atoms with Crippen molar-refractivity contribution in [3.05, 3.63) is 29.8 Å². The molecule has 1 aromatic rings. The predicted molar refractivity (Wildman–Crippen MR) is 218 cm³/mol. The van der Waals surface area contributed by atoms with Gasteiger partial charge in [0.25, 0.3) is 5.91 Å². The molecule has 1 rings (SSSR count). The number of nitrogens with one attached hydrogen (secondary N) is 4. The summed E-state index contributed by atoms with van der Waals surface area (Å²) < 4.78 is 49.3. The first-order chi connectivity index (χ1) is 28.4. The summed E-state index contributed by atoms with van der Waals surface area (Å²) in [6.45, 7) is 6.53. The monoisotopic (exact) mass is 847 g/mol. The molecule has 1 atom stereocenters. The summed E-state index contributed by atoms with van der Waals surface area (Å²) >= 11 is 0. The van der Waals surface area contributed by atoms with E-state index in [1.165, 1.54) is 38.1 Å². The molecule has 0 aliphatic carbocycles. The molecule has 1 unspecified atom stereocenters. The van der Waals surface area contributed by atoms with Gasteiger partial charge in [-0.25, -0.2) is 0 Å². The normalized spacial score (nSPS) is 12.0. The van der Waals surface area contributed by atoms with Gasteiger partial charge in [-0.2, -0.15) is 0 Å². The summed E-state index contributed by atoms with van der Waals surface area (Å²) in [4.78, 5) is 65.3. The van der Waals surface area contributed by atoms with Crippen LogP contribution in [0.25, 0.3) is 0 Å². The average Bonchev–Trinajstić information content (AvgIpc) is 3.21. The SMILES string of the molecule is C#CCOCCOCCNC(=O)CCC(CCC(=O)NCCOCCOCC#C)(CCC(=O)NCCOCCOCC#C)NC(=O)c1ccc(OP(=O)([O-])C(C)C)cc1. The lowest BCUT2D eigenvalue weighted by molar-refractivity contribution is -0.192. The summed E-state index contributed by atoms with van der Waals surface area (Å²) in [5, 5.41) is 11.3. The van der Waals surface area contributed by atoms with Crippen molar-refractivity contribution in [2.45, 2.75) is 63.6 Å². The Bertz CT molecular complexity index is 1440. The molecule has 0 bridgehead atoms. The first-order valence-electron chi connectivity index (χ1n) is 19.4. The second kappa shape index (κ2) is 32.4. The van der Waals surface area contributed by atoms with Crippen LogP contribution in [-0.4, -0.2) is 134 Å². The van der Waals surface area contributed by atoms with Crippen LogP contribution in [0.4, 0.5) is 0 Å². The zero-order valence-corrected chi connectivity index (χ0v) is 35.1. The molecule has 59 heavy (non-hydrogen) atoms. The van der Waals surface area contributed by atoms with Crippen LogP contribution >= 0.6 is 7.60 Å². The summed E-state index contributed by atoms with van der Waals surface area (Å²) in [6, 6.07) is 5.50. The van der Waals surface area contributed by atoms with Crippen molar-refractivity contribution in [2.75, 3.05) is 98.9 Å². The first kappa shape index (κ1) is 52.5. The molecule has 0 aromatic heterocycles. The van der Waals surface area contributed by atoms with Crippen molar-refractivity contribution in [1.82, 2.24) is 21.3 Å². The molecule has 1 aromatic carbocycles. The maximum absolute atomic E-state index is 13.8. The smallest absolute Gasteiger partial charge is 0.251 e. The van der Waals surface area contributed by atoms with Crippen LogP contribution in [0.2, 0.25) is 0 Å².